The van der Waals surface area contributed by atoms with Crippen LogP contribution < -0.4 is 0 Å². The van der Waals surface area contributed by atoms with E-state index in [9.17, 15) is 13.6 Å². The van der Waals surface area contributed by atoms with Crippen LogP contribution in [0.1, 0.15) is 35.3 Å². The lowest BCUT2D eigenvalue weighted by molar-refractivity contribution is 0.0662. The highest BCUT2D eigenvalue weighted by Gasteiger charge is 2.26. The molecular formula is C16H17F2N3OS. The average molecular weight is 337 g/mol. The van der Waals surface area contributed by atoms with Gasteiger partial charge in [-0.05, 0) is 55.3 Å². The molecule has 0 spiro atoms. The molecule has 0 unspecified atom stereocenters. The van der Waals surface area contributed by atoms with Crippen LogP contribution in [0.2, 0.25) is 0 Å². The van der Waals surface area contributed by atoms with E-state index in [4.69, 9.17) is 0 Å². The van der Waals surface area contributed by atoms with Crippen molar-refractivity contribution in [3.05, 3.63) is 46.5 Å². The van der Waals surface area contributed by atoms with E-state index < -0.39 is 11.6 Å². The molecule has 0 radical (unpaired) electrons. The van der Waals surface area contributed by atoms with Gasteiger partial charge in [-0.15, -0.1) is 5.10 Å². The highest BCUT2D eigenvalue weighted by molar-refractivity contribution is 7.03. The van der Waals surface area contributed by atoms with Crippen LogP contribution in [0, 0.1) is 17.6 Å². The maximum atomic E-state index is 13.7. The molecule has 0 N–H and O–H groups in total. The van der Waals surface area contributed by atoms with Crippen LogP contribution in [0.5, 0.6) is 0 Å². The summed E-state index contributed by atoms with van der Waals surface area (Å²) in [6.45, 7) is 1.30. The van der Waals surface area contributed by atoms with E-state index in [1.165, 1.54) is 18.2 Å². The van der Waals surface area contributed by atoms with Gasteiger partial charge >= 0.3 is 0 Å². The molecular weight excluding hydrogens is 320 g/mol. The van der Waals surface area contributed by atoms with E-state index >= 15 is 0 Å². The lowest BCUT2D eigenvalue weighted by atomic mass is 9.91. The zero-order chi connectivity index (χ0) is 16.2. The molecule has 0 saturated carbocycles. The number of halogens is 2. The standard InChI is InChI=1S/C16H17F2N3OS/c17-13-4-1-5-14(18)12(13)7-6-11-3-2-8-21(9-11)16(22)15-10-23-20-19-15/h1,4-5,10-11H,2-3,6-9H2/t11-/m1/s1. The Bertz CT molecular complexity index is 658. The van der Waals surface area contributed by atoms with Crippen molar-refractivity contribution < 1.29 is 13.6 Å². The number of carbonyl (C=O) groups is 1. The Labute approximate surface area is 137 Å². The van der Waals surface area contributed by atoms with Gasteiger partial charge < -0.3 is 4.90 Å². The molecule has 122 valence electrons. The van der Waals surface area contributed by atoms with Crippen LogP contribution >= 0.6 is 11.5 Å². The smallest absolute Gasteiger partial charge is 0.275 e. The molecule has 1 aromatic carbocycles. The highest BCUT2D eigenvalue weighted by atomic mass is 32.1. The quantitative estimate of drug-likeness (QED) is 0.860. The van der Waals surface area contributed by atoms with Crippen molar-refractivity contribution in [2.75, 3.05) is 13.1 Å². The second kappa shape index (κ2) is 7.12. The molecule has 1 aliphatic heterocycles. The van der Waals surface area contributed by atoms with Gasteiger partial charge in [-0.3, -0.25) is 4.79 Å². The van der Waals surface area contributed by atoms with Crippen molar-refractivity contribution in [1.82, 2.24) is 14.5 Å². The number of rotatable bonds is 4. The van der Waals surface area contributed by atoms with Gasteiger partial charge in [0.05, 0.1) is 0 Å². The Morgan fingerprint density at radius 1 is 1.35 bits per heavy atom. The number of hydrogen-bond acceptors (Lipinski definition) is 4. The largest absolute Gasteiger partial charge is 0.337 e. The third-order valence-electron chi connectivity index (χ3n) is 4.25. The number of carbonyl (C=O) groups excluding carboxylic acids is 1. The minimum atomic E-state index is -0.498. The van der Waals surface area contributed by atoms with E-state index in [2.05, 4.69) is 9.59 Å². The second-order valence-corrected chi connectivity index (χ2v) is 6.40. The van der Waals surface area contributed by atoms with Gasteiger partial charge in [0.1, 0.15) is 11.6 Å². The Balaban J connectivity index is 1.60. The van der Waals surface area contributed by atoms with Crippen molar-refractivity contribution in [2.45, 2.75) is 25.7 Å². The van der Waals surface area contributed by atoms with Crippen molar-refractivity contribution in [3.8, 4) is 0 Å². The van der Waals surface area contributed by atoms with Crippen LogP contribution in [0.4, 0.5) is 8.78 Å². The van der Waals surface area contributed by atoms with E-state index in [-0.39, 0.29) is 17.4 Å². The van der Waals surface area contributed by atoms with Gasteiger partial charge in [0.2, 0.25) is 0 Å². The fourth-order valence-electron chi connectivity index (χ4n) is 3.02. The molecule has 1 amide bonds. The number of aromatic nitrogens is 2. The summed E-state index contributed by atoms with van der Waals surface area (Å²) in [6.07, 6.45) is 2.88. The van der Waals surface area contributed by atoms with Crippen LogP contribution in [0.3, 0.4) is 0 Å². The van der Waals surface area contributed by atoms with E-state index in [1.54, 1.807) is 10.3 Å². The number of benzene rings is 1. The molecule has 23 heavy (non-hydrogen) atoms. The first kappa shape index (κ1) is 16.0. The summed E-state index contributed by atoms with van der Waals surface area (Å²) in [6, 6.07) is 3.94. The molecule has 2 heterocycles. The fraction of sp³-hybridized carbons (Fsp3) is 0.438. The predicted octanol–water partition coefficient (Wildman–Crippen LogP) is 3.30. The van der Waals surface area contributed by atoms with Crippen LogP contribution in [-0.2, 0) is 6.42 Å². The molecule has 1 atom stereocenters. The van der Waals surface area contributed by atoms with Gasteiger partial charge in [0, 0.05) is 24.0 Å². The fourth-order valence-corrected chi connectivity index (χ4v) is 3.45. The number of amides is 1. The predicted molar refractivity (Wildman–Crippen MR) is 83.2 cm³/mol. The summed E-state index contributed by atoms with van der Waals surface area (Å²) in [5.74, 6) is -0.858. The number of nitrogens with zero attached hydrogens (tertiary/aromatic N) is 3. The third-order valence-corrected chi connectivity index (χ3v) is 4.75. The molecule has 7 heteroatoms. The molecule has 1 fully saturated rings. The second-order valence-electron chi connectivity index (χ2n) is 5.79. The van der Waals surface area contributed by atoms with Gasteiger partial charge in [0.15, 0.2) is 5.69 Å². The zero-order valence-electron chi connectivity index (χ0n) is 12.5. The molecule has 1 aliphatic rings. The Kier molecular flexibility index (Phi) is 4.95. The highest BCUT2D eigenvalue weighted by Crippen LogP contribution is 2.24. The number of hydrogen-bond donors (Lipinski definition) is 0. The van der Waals surface area contributed by atoms with Crippen molar-refractivity contribution in [2.24, 2.45) is 5.92 Å². The Morgan fingerprint density at radius 3 is 2.83 bits per heavy atom. The first-order valence-electron chi connectivity index (χ1n) is 7.64. The summed E-state index contributed by atoms with van der Waals surface area (Å²) >= 11 is 1.15. The maximum absolute atomic E-state index is 13.7. The minimum absolute atomic E-state index is 0.111. The van der Waals surface area contributed by atoms with E-state index in [0.717, 1.165) is 24.4 Å². The summed E-state index contributed by atoms with van der Waals surface area (Å²) < 4.78 is 31.1. The molecule has 4 nitrogen and oxygen atoms in total. The van der Waals surface area contributed by atoms with Crippen LogP contribution in [-0.4, -0.2) is 33.5 Å². The van der Waals surface area contributed by atoms with Gasteiger partial charge in [-0.2, -0.15) is 0 Å². The molecule has 1 aromatic heterocycles. The summed E-state index contributed by atoms with van der Waals surface area (Å²) in [4.78, 5) is 14.1. The summed E-state index contributed by atoms with van der Waals surface area (Å²) in [5.41, 5.74) is 0.510. The SMILES string of the molecule is O=C(c1csnn1)N1CCC[C@H](CCc2c(F)cccc2F)C1. The lowest BCUT2D eigenvalue weighted by Gasteiger charge is -2.32. The zero-order valence-corrected chi connectivity index (χ0v) is 13.4. The number of likely N-dealkylation sites (tertiary alicyclic amines) is 1. The Hall–Kier alpha value is -1.89. The maximum Gasteiger partial charge on any atom is 0.275 e. The summed E-state index contributed by atoms with van der Waals surface area (Å²) in [7, 11) is 0. The molecule has 2 aromatic rings. The monoisotopic (exact) mass is 337 g/mol. The molecule has 0 bridgehead atoms. The van der Waals surface area contributed by atoms with Crippen LogP contribution in [0.25, 0.3) is 0 Å². The molecule has 3 rings (SSSR count). The average Bonchev–Trinajstić information content (AvgIpc) is 3.08. The molecule has 1 saturated heterocycles. The number of piperidine rings is 1. The molecule has 0 aliphatic carbocycles. The van der Waals surface area contributed by atoms with Gasteiger partial charge in [0.25, 0.3) is 5.91 Å². The van der Waals surface area contributed by atoms with Crippen molar-refractivity contribution in [3.63, 3.8) is 0 Å². The van der Waals surface area contributed by atoms with Gasteiger partial charge in [-0.1, -0.05) is 10.6 Å². The van der Waals surface area contributed by atoms with E-state index in [1.807, 2.05) is 0 Å². The Morgan fingerprint density at radius 2 is 2.13 bits per heavy atom. The van der Waals surface area contributed by atoms with Crippen LogP contribution in [0.15, 0.2) is 23.6 Å². The minimum Gasteiger partial charge on any atom is -0.337 e. The van der Waals surface area contributed by atoms with Crippen molar-refractivity contribution >= 4 is 17.4 Å². The first-order valence-corrected chi connectivity index (χ1v) is 8.48. The van der Waals surface area contributed by atoms with Gasteiger partial charge in [-0.25, -0.2) is 8.78 Å². The third kappa shape index (κ3) is 3.72. The summed E-state index contributed by atoms with van der Waals surface area (Å²) in [5, 5.41) is 5.45. The first-order chi connectivity index (χ1) is 11.1. The normalized spacial score (nSPS) is 18.2. The van der Waals surface area contributed by atoms with E-state index in [0.29, 0.717) is 31.6 Å². The van der Waals surface area contributed by atoms with Crippen molar-refractivity contribution in [1.29, 1.82) is 0 Å². The topological polar surface area (TPSA) is 46.1 Å². The lowest BCUT2D eigenvalue weighted by Crippen LogP contribution is -2.40.